The number of rotatable bonds is 7. The normalized spacial score (nSPS) is 24.6. The van der Waals surface area contributed by atoms with E-state index in [-0.39, 0.29) is 18.4 Å². The van der Waals surface area contributed by atoms with E-state index in [1.807, 2.05) is 0 Å². The van der Waals surface area contributed by atoms with Gasteiger partial charge in [-0.3, -0.25) is 4.79 Å². The zero-order chi connectivity index (χ0) is 12.5. The lowest BCUT2D eigenvalue weighted by Crippen LogP contribution is -2.39. The summed E-state index contributed by atoms with van der Waals surface area (Å²) in [5.74, 6) is 0.692. The Morgan fingerprint density at radius 3 is 2.71 bits per heavy atom. The summed E-state index contributed by atoms with van der Waals surface area (Å²) in [5, 5.41) is 11.6. The Balaban J connectivity index is 2.20. The van der Waals surface area contributed by atoms with Gasteiger partial charge in [0.1, 0.15) is 0 Å². The van der Waals surface area contributed by atoms with Gasteiger partial charge in [0.2, 0.25) is 5.91 Å². The lowest BCUT2D eigenvalue weighted by atomic mass is 9.79. The van der Waals surface area contributed by atoms with Crippen molar-refractivity contribution in [2.75, 3.05) is 19.7 Å². The zero-order valence-electron chi connectivity index (χ0n) is 10.7. The van der Waals surface area contributed by atoms with Gasteiger partial charge >= 0.3 is 0 Å². The van der Waals surface area contributed by atoms with Gasteiger partial charge < -0.3 is 16.2 Å². The number of amides is 1. The Morgan fingerprint density at radius 2 is 2.00 bits per heavy atom. The predicted octanol–water partition coefficient (Wildman–Crippen LogP) is 1.03. The topological polar surface area (TPSA) is 75.4 Å². The third kappa shape index (κ3) is 5.04. The molecular formula is C13H26N2O2. The lowest BCUT2D eigenvalue weighted by molar-refractivity contribution is -0.127. The van der Waals surface area contributed by atoms with Gasteiger partial charge in [-0.05, 0) is 44.6 Å². The first-order valence-corrected chi connectivity index (χ1v) is 6.88. The first-order chi connectivity index (χ1) is 8.29. The minimum atomic E-state index is 0.131. The molecule has 1 rings (SSSR count). The van der Waals surface area contributed by atoms with E-state index in [9.17, 15) is 4.79 Å². The van der Waals surface area contributed by atoms with E-state index >= 15 is 0 Å². The predicted molar refractivity (Wildman–Crippen MR) is 68.4 cm³/mol. The van der Waals surface area contributed by atoms with Crippen LogP contribution in [0.3, 0.4) is 0 Å². The van der Waals surface area contributed by atoms with E-state index < -0.39 is 0 Å². The fourth-order valence-corrected chi connectivity index (χ4v) is 2.59. The number of carbonyl (C=O) groups excluding carboxylic acids is 1. The SMILES string of the molecule is NCC1CCCCC1C(=O)NCCCCCO. The second-order valence-electron chi connectivity index (χ2n) is 4.96. The van der Waals surface area contributed by atoms with E-state index in [0.717, 1.165) is 45.1 Å². The molecule has 2 atom stereocenters. The first kappa shape index (κ1) is 14.5. The van der Waals surface area contributed by atoms with Gasteiger partial charge in [-0.1, -0.05) is 12.8 Å². The molecule has 4 N–H and O–H groups in total. The molecule has 0 radical (unpaired) electrons. The molecule has 100 valence electrons. The van der Waals surface area contributed by atoms with Gasteiger partial charge in [-0.2, -0.15) is 0 Å². The molecule has 0 saturated heterocycles. The molecule has 1 saturated carbocycles. The first-order valence-electron chi connectivity index (χ1n) is 6.88. The second-order valence-corrected chi connectivity index (χ2v) is 4.96. The summed E-state index contributed by atoms with van der Waals surface area (Å²) in [7, 11) is 0. The number of unbranched alkanes of at least 4 members (excludes halogenated alkanes) is 2. The van der Waals surface area contributed by atoms with Crippen LogP contribution in [0, 0.1) is 11.8 Å². The Bertz CT molecular complexity index is 221. The summed E-state index contributed by atoms with van der Waals surface area (Å²) < 4.78 is 0. The average Bonchev–Trinajstić information content (AvgIpc) is 2.38. The van der Waals surface area contributed by atoms with Crippen LogP contribution < -0.4 is 11.1 Å². The highest BCUT2D eigenvalue weighted by Crippen LogP contribution is 2.29. The number of hydrogen-bond acceptors (Lipinski definition) is 3. The quantitative estimate of drug-likeness (QED) is 0.584. The van der Waals surface area contributed by atoms with Gasteiger partial charge in [0, 0.05) is 19.1 Å². The monoisotopic (exact) mass is 242 g/mol. The van der Waals surface area contributed by atoms with Crippen LogP contribution in [0.4, 0.5) is 0 Å². The van der Waals surface area contributed by atoms with Crippen molar-refractivity contribution in [3.05, 3.63) is 0 Å². The molecule has 2 unspecified atom stereocenters. The number of nitrogens with one attached hydrogen (secondary N) is 1. The number of aliphatic hydroxyl groups is 1. The molecule has 0 aromatic rings. The molecule has 1 fully saturated rings. The minimum Gasteiger partial charge on any atom is -0.396 e. The van der Waals surface area contributed by atoms with E-state index in [0.29, 0.717) is 12.5 Å². The van der Waals surface area contributed by atoms with Crippen molar-refractivity contribution in [2.45, 2.75) is 44.9 Å². The number of nitrogens with two attached hydrogens (primary N) is 1. The fraction of sp³-hybridized carbons (Fsp3) is 0.923. The molecule has 0 spiro atoms. The highest BCUT2D eigenvalue weighted by Gasteiger charge is 2.29. The van der Waals surface area contributed by atoms with E-state index in [1.165, 1.54) is 6.42 Å². The Hall–Kier alpha value is -0.610. The number of carbonyl (C=O) groups is 1. The van der Waals surface area contributed by atoms with Crippen molar-refractivity contribution >= 4 is 5.91 Å². The summed E-state index contributed by atoms with van der Waals surface area (Å²) in [6.07, 6.45) is 7.20. The number of aliphatic hydroxyl groups excluding tert-OH is 1. The Morgan fingerprint density at radius 1 is 1.24 bits per heavy atom. The lowest BCUT2D eigenvalue weighted by Gasteiger charge is -2.29. The molecule has 1 aliphatic carbocycles. The molecular weight excluding hydrogens is 216 g/mol. The van der Waals surface area contributed by atoms with Crippen LogP contribution in [0.5, 0.6) is 0 Å². The highest BCUT2D eigenvalue weighted by atomic mass is 16.2. The van der Waals surface area contributed by atoms with Crippen molar-refractivity contribution in [3.8, 4) is 0 Å². The smallest absolute Gasteiger partial charge is 0.223 e. The van der Waals surface area contributed by atoms with Crippen LogP contribution in [0.1, 0.15) is 44.9 Å². The molecule has 0 bridgehead atoms. The maximum atomic E-state index is 12.0. The van der Waals surface area contributed by atoms with Crippen LogP contribution >= 0.6 is 0 Å². The second kappa shape index (κ2) is 8.48. The van der Waals surface area contributed by atoms with Crippen molar-refractivity contribution in [1.29, 1.82) is 0 Å². The molecule has 4 heteroatoms. The highest BCUT2D eigenvalue weighted by molar-refractivity contribution is 5.79. The van der Waals surface area contributed by atoms with Crippen LogP contribution in [0.25, 0.3) is 0 Å². The van der Waals surface area contributed by atoms with Gasteiger partial charge in [-0.25, -0.2) is 0 Å². The minimum absolute atomic E-state index is 0.131. The average molecular weight is 242 g/mol. The zero-order valence-corrected chi connectivity index (χ0v) is 10.7. The van der Waals surface area contributed by atoms with Gasteiger partial charge in [0.15, 0.2) is 0 Å². The maximum Gasteiger partial charge on any atom is 0.223 e. The molecule has 0 aromatic heterocycles. The molecule has 17 heavy (non-hydrogen) atoms. The van der Waals surface area contributed by atoms with Gasteiger partial charge in [0.05, 0.1) is 0 Å². The fourth-order valence-electron chi connectivity index (χ4n) is 2.59. The summed E-state index contributed by atoms with van der Waals surface area (Å²) in [5.41, 5.74) is 5.72. The molecule has 1 amide bonds. The van der Waals surface area contributed by atoms with E-state index in [1.54, 1.807) is 0 Å². The van der Waals surface area contributed by atoms with Crippen molar-refractivity contribution in [3.63, 3.8) is 0 Å². The molecule has 0 aliphatic heterocycles. The number of hydrogen-bond donors (Lipinski definition) is 3. The third-order valence-corrected chi connectivity index (χ3v) is 3.68. The molecule has 0 heterocycles. The van der Waals surface area contributed by atoms with Crippen LogP contribution in [-0.2, 0) is 4.79 Å². The van der Waals surface area contributed by atoms with Crippen LogP contribution in [0.15, 0.2) is 0 Å². The Kier molecular flexibility index (Phi) is 7.21. The standard InChI is InChI=1S/C13H26N2O2/c14-10-11-6-2-3-7-12(11)13(17)15-8-4-1-5-9-16/h11-12,16H,1-10,14H2,(H,15,17). The van der Waals surface area contributed by atoms with Crippen LogP contribution in [-0.4, -0.2) is 30.7 Å². The summed E-state index contributed by atoms with van der Waals surface area (Å²) >= 11 is 0. The summed E-state index contributed by atoms with van der Waals surface area (Å²) in [6.45, 7) is 1.60. The summed E-state index contributed by atoms with van der Waals surface area (Å²) in [6, 6.07) is 0. The molecule has 1 aliphatic rings. The summed E-state index contributed by atoms with van der Waals surface area (Å²) in [4.78, 5) is 12.0. The van der Waals surface area contributed by atoms with E-state index in [4.69, 9.17) is 10.8 Å². The Labute approximate surface area is 104 Å². The van der Waals surface area contributed by atoms with Gasteiger partial charge in [-0.15, -0.1) is 0 Å². The van der Waals surface area contributed by atoms with Gasteiger partial charge in [0.25, 0.3) is 0 Å². The molecule has 4 nitrogen and oxygen atoms in total. The van der Waals surface area contributed by atoms with E-state index in [2.05, 4.69) is 5.32 Å². The van der Waals surface area contributed by atoms with Crippen LogP contribution in [0.2, 0.25) is 0 Å². The third-order valence-electron chi connectivity index (χ3n) is 3.68. The largest absolute Gasteiger partial charge is 0.396 e. The van der Waals surface area contributed by atoms with Crippen molar-refractivity contribution in [2.24, 2.45) is 17.6 Å². The van der Waals surface area contributed by atoms with Crippen molar-refractivity contribution < 1.29 is 9.90 Å². The maximum absolute atomic E-state index is 12.0. The van der Waals surface area contributed by atoms with Crippen molar-refractivity contribution in [1.82, 2.24) is 5.32 Å². The molecule has 0 aromatic carbocycles.